The van der Waals surface area contributed by atoms with Gasteiger partial charge in [0, 0.05) is 10.6 Å². The molecule has 0 unspecified atom stereocenters. The van der Waals surface area contributed by atoms with Gasteiger partial charge in [-0.25, -0.2) is 0 Å². The Balaban J connectivity index is 1.74. The van der Waals surface area contributed by atoms with Gasteiger partial charge in [0.05, 0.1) is 11.5 Å². The first-order valence-corrected chi connectivity index (χ1v) is 10.2. The van der Waals surface area contributed by atoms with Gasteiger partial charge in [-0.3, -0.25) is 15.0 Å². The van der Waals surface area contributed by atoms with E-state index in [-0.39, 0.29) is 10.2 Å². The van der Waals surface area contributed by atoms with Crippen molar-refractivity contribution in [3.05, 3.63) is 69.6 Å². The topological polar surface area (TPSA) is 58.6 Å². The number of rotatable bonds is 6. The van der Waals surface area contributed by atoms with E-state index in [4.69, 9.17) is 28.6 Å². The lowest BCUT2D eigenvalue weighted by Crippen LogP contribution is -2.44. The van der Waals surface area contributed by atoms with Crippen molar-refractivity contribution in [2.24, 2.45) is 0 Å². The van der Waals surface area contributed by atoms with Crippen LogP contribution in [0.5, 0.6) is 5.75 Å². The minimum absolute atomic E-state index is 0.255. The molecule has 1 aliphatic rings. The molecule has 0 saturated carbocycles. The van der Waals surface area contributed by atoms with Gasteiger partial charge in [-0.15, -0.1) is 0 Å². The highest BCUT2D eigenvalue weighted by atomic mass is 35.5. The molecule has 1 fully saturated rings. The van der Waals surface area contributed by atoms with Gasteiger partial charge in [0.25, 0.3) is 11.8 Å². The van der Waals surface area contributed by atoms with Crippen molar-refractivity contribution >= 4 is 57.8 Å². The summed E-state index contributed by atoms with van der Waals surface area (Å²) < 4.78 is 5.87. The van der Waals surface area contributed by atoms with Gasteiger partial charge in [-0.05, 0) is 60.6 Å². The maximum Gasteiger partial charge on any atom is 0.285 e. The monoisotopic (exact) mass is 432 g/mol. The zero-order chi connectivity index (χ0) is 20.1. The summed E-state index contributed by atoms with van der Waals surface area (Å²) in [5.74, 6) is -0.111. The van der Waals surface area contributed by atoms with E-state index in [1.54, 1.807) is 24.3 Å². The summed E-state index contributed by atoms with van der Waals surface area (Å²) >= 11 is 12.3. The molecular weight excluding hydrogens is 416 g/mol. The zero-order valence-electron chi connectivity index (χ0n) is 15.0. The lowest BCUT2D eigenvalue weighted by Gasteiger charge is -2.15. The Morgan fingerprint density at radius 1 is 1.29 bits per heavy atom. The Kier molecular flexibility index (Phi) is 6.72. The number of ether oxygens (including phenoxy) is 1. The van der Waals surface area contributed by atoms with Gasteiger partial charge >= 0.3 is 0 Å². The highest BCUT2D eigenvalue weighted by Gasteiger charge is 2.33. The standard InChI is InChI=1S/C20H17ClN2O3S2/c1-2-9-26-16-8-3-5-13(10-16)11-17-19(25)23(20(27)28-17)22-18(24)14-6-4-7-15(21)12-14/h3-8,10-12H,2,9H2,1H3,(H,22,24)/b17-11+. The second-order valence-electron chi connectivity index (χ2n) is 5.89. The van der Waals surface area contributed by atoms with Crippen LogP contribution in [0.4, 0.5) is 0 Å². The number of hydrogen-bond donors (Lipinski definition) is 1. The molecule has 2 aromatic rings. The van der Waals surface area contributed by atoms with Crippen molar-refractivity contribution in [3.63, 3.8) is 0 Å². The zero-order valence-corrected chi connectivity index (χ0v) is 17.4. The highest BCUT2D eigenvalue weighted by molar-refractivity contribution is 8.26. The third kappa shape index (κ3) is 4.92. The van der Waals surface area contributed by atoms with Crippen molar-refractivity contribution in [1.82, 2.24) is 10.4 Å². The van der Waals surface area contributed by atoms with Crippen LogP contribution >= 0.6 is 35.6 Å². The number of halogens is 1. The normalized spacial score (nSPS) is 15.2. The van der Waals surface area contributed by atoms with Crippen LogP contribution in [-0.2, 0) is 4.79 Å². The Morgan fingerprint density at radius 3 is 2.82 bits per heavy atom. The second-order valence-corrected chi connectivity index (χ2v) is 8.00. The van der Waals surface area contributed by atoms with Gasteiger partial charge < -0.3 is 4.74 Å². The Bertz CT molecular complexity index is 962. The SMILES string of the molecule is CCCOc1cccc(/C=C2/SC(=S)N(NC(=O)c3cccc(Cl)c3)C2=O)c1. The van der Waals surface area contributed by atoms with Gasteiger partial charge in [0.1, 0.15) is 5.75 Å². The van der Waals surface area contributed by atoms with Crippen molar-refractivity contribution in [2.45, 2.75) is 13.3 Å². The molecule has 28 heavy (non-hydrogen) atoms. The molecule has 2 aromatic carbocycles. The summed E-state index contributed by atoms with van der Waals surface area (Å²) in [6.45, 7) is 2.66. The summed E-state index contributed by atoms with van der Waals surface area (Å²) in [4.78, 5) is 25.5. The Hall–Kier alpha value is -2.35. The molecule has 1 aliphatic heterocycles. The lowest BCUT2D eigenvalue weighted by atomic mass is 10.2. The number of thiocarbonyl (C=S) groups is 1. The van der Waals surface area contributed by atoms with Crippen LogP contribution in [0.25, 0.3) is 6.08 Å². The van der Waals surface area contributed by atoms with E-state index in [1.807, 2.05) is 31.2 Å². The largest absolute Gasteiger partial charge is 0.494 e. The number of nitrogens with zero attached hydrogens (tertiary/aromatic N) is 1. The van der Waals surface area contributed by atoms with Crippen LogP contribution in [0.1, 0.15) is 29.3 Å². The number of hydrazine groups is 1. The smallest absolute Gasteiger partial charge is 0.285 e. The van der Waals surface area contributed by atoms with E-state index in [0.717, 1.165) is 34.5 Å². The quantitative estimate of drug-likeness (QED) is 0.530. The van der Waals surface area contributed by atoms with Gasteiger partial charge in [0.15, 0.2) is 4.32 Å². The fraction of sp³-hybridized carbons (Fsp3) is 0.150. The number of carbonyl (C=O) groups is 2. The van der Waals surface area contributed by atoms with E-state index in [1.165, 1.54) is 6.07 Å². The van der Waals surface area contributed by atoms with Crippen LogP contribution in [0, 0.1) is 0 Å². The van der Waals surface area contributed by atoms with E-state index in [9.17, 15) is 9.59 Å². The van der Waals surface area contributed by atoms with E-state index in [2.05, 4.69) is 5.43 Å². The van der Waals surface area contributed by atoms with Crippen LogP contribution in [0.15, 0.2) is 53.4 Å². The summed E-state index contributed by atoms with van der Waals surface area (Å²) in [6, 6.07) is 13.9. The third-order valence-corrected chi connectivity index (χ3v) is 5.26. The molecule has 0 aliphatic carbocycles. The van der Waals surface area contributed by atoms with Gasteiger partial charge in [-0.2, -0.15) is 5.01 Å². The van der Waals surface area contributed by atoms with Crippen molar-refractivity contribution < 1.29 is 14.3 Å². The fourth-order valence-corrected chi connectivity index (χ4v) is 3.80. The molecule has 0 radical (unpaired) electrons. The van der Waals surface area contributed by atoms with Crippen molar-refractivity contribution in [2.75, 3.05) is 6.61 Å². The molecule has 1 N–H and O–H groups in total. The van der Waals surface area contributed by atoms with Crippen LogP contribution in [-0.4, -0.2) is 27.8 Å². The maximum atomic E-state index is 12.7. The second kappa shape index (κ2) is 9.23. The summed E-state index contributed by atoms with van der Waals surface area (Å²) in [5, 5.41) is 1.51. The predicted octanol–water partition coefficient (Wildman–Crippen LogP) is 4.68. The summed E-state index contributed by atoms with van der Waals surface area (Å²) in [7, 11) is 0. The first kappa shape index (κ1) is 20.4. The predicted molar refractivity (Wildman–Crippen MR) is 116 cm³/mol. The van der Waals surface area contributed by atoms with E-state index in [0.29, 0.717) is 22.1 Å². The molecular formula is C20H17ClN2O3S2. The molecule has 1 heterocycles. The maximum absolute atomic E-state index is 12.7. The molecule has 3 rings (SSSR count). The van der Waals surface area contributed by atoms with Gasteiger partial charge in [0.2, 0.25) is 0 Å². The molecule has 5 nitrogen and oxygen atoms in total. The van der Waals surface area contributed by atoms with Crippen LogP contribution in [0.2, 0.25) is 5.02 Å². The fourth-order valence-electron chi connectivity index (χ4n) is 2.43. The molecule has 8 heteroatoms. The average molecular weight is 433 g/mol. The van der Waals surface area contributed by atoms with Gasteiger partial charge in [-0.1, -0.05) is 48.5 Å². The molecule has 0 bridgehead atoms. The number of amides is 2. The summed E-state index contributed by atoms with van der Waals surface area (Å²) in [6.07, 6.45) is 2.64. The van der Waals surface area contributed by atoms with E-state index < -0.39 is 5.91 Å². The average Bonchev–Trinajstić information content (AvgIpc) is 2.94. The first-order valence-electron chi connectivity index (χ1n) is 8.55. The molecule has 1 saturated heterocycles. The first-order chi connectivity index (χ1) is 13.5. The van der Waals surface area contributed by atoms with Crippen LogP contribution in [0.3, 0.4) is 0 Å². The van der Waals surface area contributed by atoms with Crippen molar-refractivity contribution in [1.29, 1.82) is 0 Å². The minimum Gasteiger partial charge on any atom is -0.494 e. The van der Waals surface area contributed by atoms with Crippen LogP contribution < -0.4 is 10.2 Å². The van der Waals surface area contributed by atoms with E-state index >= 15 is 0 Å². The third-order valence-electron chi connectivity index (χ3n) is 3.72. The number of benzene rings is 2. The molecule has 0 spiro atoms. The highest BCUT2D eigenvalue weighted by Crippen LogP contribution is 2.32. The number of nitrogens with one attached hydrogen (secondary N) is 1. The molecule has 144 valence electrons. The Morgan fingerprint density at radius 2 is 2.07 bits per heavy atom. The minimum atomic E-state index is -0.463. The Labute approximate surface area is 177 Å². The van der Waals surface area contributed by atoms with Crippen molar-refractivity contribution in [3.8, 4) is 5.75 Å². The molecule has 0 aromatic heterocycles. The number of hydrogen-bond acceptors (Lipinski definition) is 5. The lowest BCUT2D eigenvalue weighted by molar-refractivity contribution is -0.123. The summed E-state index contributed by atoms with van der Waals surface area (Å²) in [5.41, 5.74) is 3.69. The number of thioether (sulfide) groups is 1. The number of carbonyl (C=O) groups excluding carboxylic acids is 2. The molecule has 0 atom stereocenters. The molecule has 2 amide bonds.